The molecule has 0 radical (unpaired) electrons. The van der Waals surface area contributed by atoms with E-state index in [-0.39, 0.29) is 6.42 Å². The highest BCUT2D eigenvalue weighted by Gasteiger charge is 1.97. The van der Waals surface area contributed by atoms with Gasteiger partial charge in [-0.05, 0) is 49.3 Å². The van der Waals surface area contributed by atoms with Crippen LogP contribution in [-0.2, 0) is 4.79 Å². The van der Waals surface area contributed by atoms with Gasteiger partial charge in [0.2, 0.25) is 0 Å². The molecular formula is C14H18O2S. The van der Waals surface area contributed by atoms with E-state index >= 15 is 0 Å². The van der Waals surface area contributed by atoms with E-state index in [1.807, 2.05) is 0 Å². The third-order valence-corrected chi connectivity index (χ3v) is 3.33. The summed E-state index contributed by atoms with van der Waals surface area (Å²) in [6, 6.07) is 8.42. The molecule has 0 bridgehead atoms. The van der Waals surface area contributed by atoms with Gasteiger partial charge in [0.25, 0.3) is 0 Å². The van der Waals surface area contributed by atoms with Gasteiger partial charge in [-0.25, -0.2) is 0 Å². The number of aliphatic carboxylic acids is 1. The van der Waals surface area contributed by atoms with Gasteiger partial charge in [-0.15, -0.1) is 11.8 Å². The van der Waals surface area contributed by atoms with Crippen molar-refractivity contribution in [2.24, 2.45) is 0 Å². The molecule has 92 valence electrons. The number of rotatable bonds is 6. The van der Waals surface area contributed by atoms with Crippen LogP contribution < -0.4 is 0 Å². The zero-order valence-corrected chi connectivity index (χ0v) is 11.1. The summed E-state index contributed by atoms with van der Waals surface area (Å²) in [5.41, 5.74) is 2.42. The van der Waals surface area contributed by atoms with Gasteiger partial charge >= 0.3 is 5.97 Å². The summed E-state index contributed by atoms with van der Waals surface area (Å²) in [5, 5.41) is 8.53. The Morgan fingerprint density at radius 3 is 2.53 bits per heavy atom. The van der Waals surface area contributed by atoms with E-state index in [2.05, 4.69) is 43.5 Å². The Labute approximate surface area is 107 Å². The molecule has 0 aliphatic heterocycles. The van der Waals surface area contributed by atoms with E-state index in [1.165, 1.54) is 16.0 Å². The van der Waals surface area contributed by atoms with Gasteiger partial charge in [-0.3, -0.25) is 4.79 Å². The number of benzene rings is 1. The highest BCUT2D eigenvalue weighted by atomic mass is 32.2. The third-order valence-electron chi connectivity index (χ3n) is 2.59. The molecule has 0 saturated carbocycles. The van der Waals surface area contributed by atoms with E-state index in [9.17, 15) is 4.79 Å². The first-order chi connectivity index (χ1) is 8.13. The maximum Gasteiger partial charge on any atom is 0.303 e. The molecule has 0 aliphatic rings. The summed E-state index contributed by atoms with van der Waals surface area (Å²) >= 11 is 1.73. The minimum absolute atomic E-state index is 0.245. The standard InChI is InChI=1S/C14H18O2S/c1-11(5-3-4-6-14(15)16)12-7-9-13(17-2)10-8-12/h5,7-10H,3-4,6H2,1-2H3,(H,15,16)/b11-5+. The highest BCUT2D eigenvalue weighted by molar-refractivity contribution is 7.98. The van der Waals surface area contributed by atoms with Gasteiger partial charge in [0.1, 0.15) is 0 Å². The van der Waals surface area contributed by atoms with Gasteiger partial charge in [0.15, 0.2) is 0 Å². The molecule has 0 aliphatic carbocycles. The van der Waals surface area contributed by atoms with Crippen LogP contribution in [0.1, 0.15) is 31.7 Å². The summed E-state index contributed by atoms with van der Waals surface area (Å²) in [4.78, 5) is 11.6. The largest absolute Gasteiger partial charge is 0.481 e. The van der Waals surface area contributed by atoms with Crippen LogP contribution >= 0.6 is 11.8 Å². The zero-order valence-electron chi connectivity index (χ0n) is 10.3. The van der Waals surface area contributed by atoms with E-state index in [1.54, 1.807) is 11.8 Å². The smallest absolute Gasteiger partial charge is 0.303 e. The second-order valence-electron chi connectivity index (χ2n) is 3.90. The molecule has 0 atom stereocenters. The van der Waals surface area contributed by atoms with Crippen LogP contribution in [0.2, 0.25) is 0 Å². The van der Waals surface area contributed by atoms with Crippen LogP contribution in [-0.4, -0.2) is 17.3 Å². The second kappa shape index (κ2) is 7.17. The fourth-order valence-corrected chi connectivity index (χ4v) is 1.95. The lowest BCUT2D eigenvalue weighted by molar-refractivity contribution is -0.137. The Bertz CT molecular complexity index is 393. The predicted molar refractivity (Wildman–Crippen MR) is 73.4 cm³/mol. The molecule has 0 heterocycles. The average Bonchev–Trinajstić information content (AvgIpc) is 2.34. The third kappa shape index (κ3) is 5.09. The lowest BCUT2D eigenvalue weighted by Crippen LogP contribution is -1.92. The molecule has 0 fully saturated rings. The van der Waals surface area contributed by atoms with E-state index in [0.717, 1.165) is 6.42 Å². The van der Waals surface area contributed by atoms with Gasteiger partial charge in [-0.1, -0.05) is 18.2 Å². The number of thioether (sulfide) groups is 1. The van der Waals surface area contributed by atoms with E-state index in [4.69, 9.17) is 5.11 Å². The van der Waals surface area contributed by atoms with Crippen molar-refractivity contribution in [3.8, 4) is 0 Å². The first kappa shape index (κ1) is 13.8. The van der Waals surface area contributed by atoms with Gasteiger partial charge in [-0.2, -0.15) is 0 Å². The van der Waals surface area contributed by atoms with Crippen molar-refractivity contribution in [1.29, 1.82) is 0 Å². The molecule has 1 N–H and O–H groups in total. The van der Waals surface area contributed by atoms with E-state index < -0.39 is 5.97 Å². The number of unbranched alkanes of at least 4 members (excludes halogenated alkanes) is 1. The summed E-state index contributed by atoms with van der Waals surface area (Å²) < 4.78 is 0. The summed E-state index contributed by atoms with van der Waals surface area (Å²) in [6.07, 6.45) is 5.94. The van der Waals surface area contributed by atoms with Crippen LogP contribution in [0, 0.1) is 0 Å². The molecule has 0 unspecified atom stereocenters. The number of carboxylic acids is 1. The maximum atomic E-state index is 10.4. The molecule has 1 aromatic rings. The summed E-state index contributed by atoms with van der Waals surface area (Å²) in [6.45, 7) is 2.06. The van der Waals surface area contributed by atoms with Crippen molar-refractivity contribution in [2.45, 2.75) is 31.1 Å². The Kier molecular flexibility index (Phi) is 5.84. The van der Waals surface area contributed by atoms with Crippen LogP contribution in [0.4, 0.5) is 0 Å². The molecule has 0 aromatic heterocycles. The minimum atomic E-state index is -0.722. The predicted octanol–water partition coefficient (Wildman–Crippen LogP) is 4.07. The number of carboxylic acid groups (broad SMARTS) is 1. The molecule has 0 spiro atoms. The Balaban J connectivity index is 2.52. The van der Waals surface area contributed by atoms with E-state index in [0.29, 0.717) is 6.42 Å². The number of hydrogen-bond acceptors (Lipinski definition) is 2. The molecule has 1 aromatic carbocycles. The van der Waals surface area contributed by atoms with Crippen molar-refractivity contribution in [3.05, 3.63) is 35.9 Å². The fraction of sp³-hybridized carbons (Fsp3) is 0.357. The number of hydrogen-bond donors (Lipinski definition) is 1. The summed E-state index contributed by atoms with van der Waals surface area (Å²) in [7, 11) is 0. The van der Waals surface area contributed by atoms with Crippen LogP contribution in [0.3, 0.4) is 0 Å². The summed E-state index contributed by atoms with van der Waals surface area (Å²) in [5.74, 6) is -0.722. The minimum Gasteiger partial charge on any atom is -0.481 e. The van der Waals surface area contributed by atoms with Crippen molar-refractivity contribution >= 4 is 23.3 Å². The quantitative estimate of drug-likeness (QED) is 0.611. The highest BCUT2D eigenvalue weighted by Crippen LogP contribution is 2.20. The lowest BCUT2D eigenvalue weighted by atomic mass is 10.1. The topological polar surface area (TPSA) is 37.3 Å². The molecule has 3 heteroatoms. The van der Waals surface area contributed by atoms with Crippen molar-refractivity contribution in [1.82, 2.24) is 0 Å². The van der Waals surface area contributed by atoms with Crippen molar-refractivity contribution in [3.63, 3.8) is 0 Å². The molecular weight excluding hydrogens is 232 g/mol. The van der Waals surface area contributed by atoms with Gasteiger partial charge < -0.3 is 5.11 Å². The molecule has 1 rings (SSSR count). The first-order valence-electron chi connectivity index (χ1n) is 5.66. The van der Waals surface area contributed by atoms with Crippen molar-refractivity contribution in [2.75, 3.05) is 6.26 Å². The average molecular weight is 250 g/mol. The number of carbonyl (C=O) groups is 1. The molecule has 0 amide bonds. The monoisotopic (exact) mass is 250 g/mol. The SMILES string of the molecule is CSc1ccc(/C(C)=C/CCCC(=O)O)cc1. The van der Waals surface area contributed by atoms with Gasteiger partial charge in [0, 0.05) is 11.3 Å². The van der Waals surface area contributed by atoms with Crippen LogP contribution in [0.15, 0.2) is 35.2 Å². The fourth-order valence-electron chi connectivity index (χ4n) is 1.54. The second-order valence-corrected chi connectivity index (χ2v) is 4.78. The Morgan fingerprint density at radius 1 is 1.35 bits per heavy atom. The van der Waals surface area contributed by atoms with Gasteiger partial charge in [0.05, 0.1) is 0 Å². The number of allylic oxidation sites excluding steroid dienone is 2. The molecule has 17 heavy (non-hydrogen) atoms. The van der Waals surface area contributed by atoms with Crippen molar-refractivity contribution < 1.29 is 9.90 Å². The first-order valence-corrected chi connectivity index (χ1v) is 6.89. The van der Waals surface area contributed by atoms with Crippen LogP contribution in [0.5, 0.6) is 0 Å². The van der Waals surface area contributed by atoms with Crippen LogP contribution in [0.25, 0.3) is 5.57 Å². The molecule has 2 nitrogen and oxygen atoms in total. The Hall–Kier alpha value is -1.22. The lowest BCUT2D eigenvalue weighted by Gasteiger charge is -2.03. The maximum absolute atomic E-state index is 10.4. The Morgan fingerprint density at radius 2 is 2.00 bits per heavy atom. The zero-order chi connectivity index (χ0) is 12.7. The molecule has 0 saturated heterocycles. The normalized spacial score (nSPS) is 11.5.